The molecule has 6 amide bonds. The van der Waals surface area contributed by atoms with Crippen LogP contribution in [-0.2, 0) is 28.7 Å². The number of benzodiazepines with no additional fused rings is 2. The van der Waals surface area contributed by atoms with Gasteiger partial charge in [0.15, 0.2) is 5.78 Å². The molecule has 2 aliphatic heterocycles. The van der Waals surface area contributed by atoms with E-state index >= 15 is 0 Å². The standard InChI is InChI=1S/C27H28N6O4.C24H22N6O3.C5H12O/c1-17(37-3)23(34)16-33-22-13-5-4-11-20(22)24(21-12-6-7-14-29-21)31-25(26(33)35)32-27(36)30-19-10-8-9-18(15-19)28-2;1-25-16-7-6-8-17(15-16)27-24(33)29-22-23(32)30(13-14-31)20-11-3-2-9-18(20)21(28-22)19-10-4-5-12-26-19;1-5(2,3)6-4/h4-15,17,25,28H,16H2,1-3H3,(H2,30,32,36);2-12,14-15,22,25H,13H2,1H3,(H2,27,29,33);1-4H3. The molecule has 394 valence electrons. The maximum atomic E-state index is 13.8. The molecule has 3 unspecified atom stereocenters. The van der Waals surface area contributed by atoms with Crippen LogP contribution >= 0.6 is 0 Å². The van der Waals surface area contributed by atoms with E-state index in [1.807, 2.05) is 57.2 Å². The summed E-state index contributed by atoms with van der Waals surface area (Å²) in [6.07, 6.45) is 0.595. The van der Waals surface area contributed by atoms with E-state index < -0.39 is 42.3 Å². The minimum Gasteiger partial charge on any atom is -0.388 e. The third kappa shape index (κ3) is 15.0. The Labute approximate surface area is 441 Å². The van der Waals surface area contributed by atoms with Crippen LogP contribution in [0.1, 0.15) is 50.2 Å². The Hall–Kier alpha value is -9.14. The summed E-state index contributed by atoms with van der Waals surface area (Å²) in [5.41, 5.74) is 6.92. The highest BCUT2D eigenvalue weighted by molar-refractivity contribution is 6.21. The van der Waals surface area contributed by atoms with Gasteiger partial charge in [-0.15, -0.1) is 0 Å². The van der Waals surface area contributed by atoms with Crippen molar-refractivity contribution in [1.82, 2.24) is 20.6 Å². The SMILES string of the molecule is CNc1cccc(NC(=O)NC2N=C(c3ccccn3)c3ccccc3N(CC(=O)C(C)OC)C2=O)c1.CNc1cccc(NC(=O)NC2N=C(c3ccccn3)c3ccccc3N(CC=O)C2=O)c1.COC(C)(C)C. The van der Waals surface area contributed by atoms with Gasteiger partial charge in [-0.1, -0.05) is 60.7 Å². The van der Waals surface area contributed by atoms with Crippen LogP contribution in [0.4, 0.5) is 43.7 Å². The van der Waals surface area contributed by atoms with Gasteiger partial charge in [0.05, 0.1) is 52.9 Å². The van der Waals surface area contributed by atoms with Gasteiger partial charge in [0.25, 0.3) is 11.8 Å². The van der Waals surface area contributed by atoms with Crippen molar-refractivity contribution < 1.29 is 38.2 Å². The summed E-state index contributed by atoms with van der Waals surface area (Å²) in [6, 6.07) is 38.0. The number of anilines is 6. The third-order valence-corrected chi connectivity index (χ3v) is 11.6. The summed E-state index contributed by atoms with van der Waals surface area (Å²) < 4.78 is 10.1. The second kappa shape index (κ2) is 26.7. The van der Waals surface area contributed by atoms with Crippen molar-refractivity contribution in [2.24, 2.45) is 9.98 Å². The predicted octanol–water partition coefficient (Wildman–Crippen LogP) is 7.14. The molecule has 20 heteroatoms. The van der Waals surface area contributed by atoms with Gasteiger partial charge >= 0.3 is 12.1 Å². The van der Waals surface area contributed by atoms with Crippen molar-refractivity contribution >= 4 is 81.5 Å². The average Bonchev–Trinajstić information content (AvgIpc) is 3.64. The zero-order valence-corrected chi connectivity index (χ0v) is 43.5. The first kappa shape index (κ1) is 56.2. The molecule has 0 spiro atoms. The van der Waals surface area contributed by atoms with Crippen LogP contribution in [0.5, 0.6) is 0 Å². The molecule has 0 radical (unpaired) electrons. The summed E-state index contributed by atoms with van der Waals surface area (Å²) in [7, 11) is 6.69. The van der Waals surface area contributed by atoms with E-state index in [1.54, 1.807) is 138 Å². The second-order valence-electron chi connectivity index (χ2n) is 17.8. The molecule has 4 aromatic carbocycles. The molecule has 0 aliphatic carbocycles. The number of carbonyl (C=O) groups is 6. The van der Waals surface area contributed by atoms with Gasteiger partial charge in [-0.2, -0.15) is 0 Å². The summed E-state index contributed by atoms with van der Waals surface area (Å²) in [5.74, 6) is -1.38. The molecule has 8 rings (SSSR count). The first-order valence-corrected chi connectivity index (χ1v) is 24.1. The summed E-state index contributed by atoms with van der Waals surface area (Å²) in [4.78, 5) is 97.7. The largest absolute Gasteiger partial charge is 0.388 e. The number of urea groups is 2. The lowest BCUT2D eigenvalue weighted by Crippen LogP contribution is -2.50. The minimum atomic E-state index is -1.32. The number of ketones is 1. The maximum Gasteiger partial charge on any atom is 0.321 e. The smallest absolute Gasteiger partial charge is 0.321 e. The number of carbonyl (C=O) groups excluding carboxylic acids is 6. The fourth-order valence-corrected chi connectivity index (χ4v) is 7.39. The molecule has 20 nitrogen and oxygen atoms in total. The molecular formula is C56H62N12O8. The third-order valence-electron chi connectivity index (χ3n) is 11.6. The van der Waals surface area contributed by atoms with E-state index in [0.29, 0.717) is 63.0 Å². The number of hydrogen-bond acceptors (Lipinski definition) is 14. The van der Waals surface area contributed by atoms with Gasteiger partial charge in [0.1, 0.15) is 12.4 Å². The van der Waals surface area contributed by atoms with Crippen LogP contribution in [0, 0.1) is 0 Å². The molecule has 6 aromatic rings. The van der Waals surface area contributed by atoms with Gasteiger partial charge in [0, 0.05) is 74.6 Å². The Bertz CT molecular complexity index is 3060. The number of Topliss-reactive ketones (excluding diaryl/α,β-unsaturated/α-hetero) is 1. The highest BCUT2D eigenvalue weighted by Crippen LogP contribution is 2.30. The fraction of sp³-hybridized carbons (Fsp3) is 0.250. The van der Waals surface area contributed by atoms with Crippen molar-refractivity contribution in [3.8, 4) is 0 Å². The monoisotopic (exact) mass is 1030 g/mol. The number of ether oxygens (including phenoxy) is 2. The summed E-state index contributed by atoms with van der Waals surface area (Å²) in [5, 5.41) is 16.7. The predicted molar refractivity (Wildman–Crippen MR) is 296 cm³/mol. The van der Waals surface area contributed by atoms with E-state index in [1.165, 1.54) is 16.9 Å². The van der Waals surface area contributed by atoms with Gasteiger partial charge < -0.3 is 56.0 Å². The normalized spacial score (nSPS) is 15.1. The van der Waals surface area contributed by atoms with Crippen molar-refractivity contribution in [3.05, 3.63) is 168 Å². The molecule has 0 bridgehead atoms. The first-order valence-electron chi connectivity index (χ1n) is 24.1. The Balaban J connectivity index is 0.000000224. The minimum absolute atomic E-state index is 0.0417. The summed E-state index contributed by atoms with van der Waals surface area (Å²) in [6.45, 7) is 7.26. The number of nitrogens with zero attached hydrogens (tertiary/aromatic N) is 6. The van der Waals surface area contributed by atoms with E-state index in [2.05, 4.69) is 51.9 Å². The number of aldehydes is 1. The van der Waals surface area contributed by atoms with Crippen LogP contribution < -0.4 is 41.7 Å². The van der Waals surface area contributed by atoms with E-state index in [-0.39, 0.29) is 24.5 Å². The number of fused-ring (bicyclic) bond motifs is 2. The zero-order valence-electron chi connectivity index (χ0n) is 43.5. The Kier molecular flexibility index (Phi) is 19.7. The van der Waals surface area contributed by atoms with Crippen LogP contribution in [0.15, 0.2) is 156 Å². The molecule has 6 N–H and O–H groups in total. The van der Waals surface area contributed by atoms with Crippen molar-refractivity contribution in [2.45, 2.75) is 51.7 Å². The number of hydrogen-bond donors (Lipinski definition) is 6. The van der Waals surface area contributed by atoms with E-state index in [4.69, 9.17) is 9.47 Å². The molecule has 0 saturated carbocycles. The summed E-state index contributed by atoms with van der Waals surface area (Å²) >= 11 is 0. The highest BCUT2D eigenvalue weighted by atomic mass is 16.5. The van der Waals surface area contributed by atoms with Crippen LogP contribution in [0.25, 0.3) is 0 Å². The van der Waals surface area contributed by atoms with Crippen molar-refractivity contribution in [1.29, 1.82) is 0 Å². The lowest BCUT2D eigenvalue weighted by molar-refractivity contribution is -0.128. The van der Waals surface area contributed by atoms with Crippen LogP contribution in [0.2, 0.25) is 0 Å². The van der Waals surface area contributed by atoms with Gasteiger partial charge in [-0.25, -0.2) is 19.6 Å². The molecule has 4 heterocycles. The number of nitrogens with one attached hydrogen (secondary N) is 6. The molecule has 76 heavy (non-hydrogen) atoms. The molecule has 2 aliphatic rings. The van der Waals surface area contributed by atoms with Crippen LogP contribution in [-0.4, -0.2) is 123 Å². The van der Waals surface area contributed by atoms with Gasteiger partial charge in [0.2, 0.25) is 12.3 Å². The Morgan fingerprint density at radius 1 is 0.618 bits per heavy atom. The second-order valence-corrected chi connectivity index (χ2v) is 17.8. The maximum absolute atomic E-state index is 13.8. The van der Waals surface area contributed by atoms with Gasteiger partial charge in [-0.3, -0.25) is 24.4 Å². The number of rotatable bonds is 14. The van der Waals surface area contributed by atoms with Crippen LogP contribution in [0.3, 0.4) is 0 Å². The van der Waals surface area contributed by atoms with E-state index in [9.17, 15) is 28.8 Å². The number of aromatic nitrogens is 2. The Morgan fingerprint density at radius 2 is 1.04 bits per heavy atom. The van der Waals surface area contributed by atoms with E-state index in [0.717, 1.165) is 11.4 Å². The van der Waals surface area contributed by atoms with Crippen molar-refractivity contribution in [2.75, 3.05) is 72.5 Å². The quantitative estimate of drug-likeness (QED) is 0.0596. The Morgan fingerprint density at radius 3 is 1.45 bits per heavy atom. The number of pyridine rings is 2. The lowest BCUT2D eigenvalue weighted by Gasteiger charge is -2.25. The van der Waals surface area contributed by atoms with Crippen molar-refractivity contribution in [3.63, 3.8) is 0 Å². The first-order chi connectivity index (χ1) is 36.6. The molecule has 0 fully saturated rings. The van der Waals surface area contributed by atoms with Gasteiger partial charge in [-0.05, 0) is 100 Å². The number of amides is 6. The molecule has 0 saturated heterocycles. The fourth-order valence-electron chi connectivity index (χ4n) is 7.39. The number of aliphatic imine (C=N–C) groups is 2. The molecule has 3 atom stereocenters. The highest BCUT2D eigenvalue weighted by Gasteiger charge is 2.36. The molecular weight excluding hydrogens is 969 g/mol. The zero-order chi connectivity index (χ0) is 54.8. The average molecular weight is 1030 g/mol. The lowest BCUT2D eigenvalue weighted by atomic mass is 10.0. The number of para-hydroxylation sites is 2. The number of benzene rings is 4. The molecule has 2 aromatic heterocycles. The number of methoxy groups -OCH3 is 2. The topological polar surface area (TPSA) is 250 Å².